The van der Waals surface area contributed by atoms with Gasteiger partial charge in [0.25, 0.3) is 0 Å². The molecule has 2 bridgehead atoms. The number of rotatable bonds is 13. The number of hydrogen-bond donors (Lipinski definition) is 0. The number of hydrogen-bond acceptors (Lipinski definition) is 9. The van der Waals surface area contributed by atoms with Crippen LogP contribution < -0.4 is 4.74 Å². The number of alkyl halides is 3. The highest BCUT2D eigenvalue weighted by atomic mass is 32.2. The van der Waals surface area contributed by atoms with Crippen molar-refractivity contribution in [2.45, 2.75) is 104 Å². The van der Waals surface area contributed by atoms with E-state index in [4.69, 9.17) is 24.2 Å². The first-order valence-electron chi connectivity index (χ1n) is 18.6. The van der Waals surface area contributed by atoms with E-state index in [1.54, 1.807) is 13.2 Å². The number of methoxy groups -OCH3 is 1. The SMILES string of the molecule is CC.CC.CCN(COC)SC(=O)c1ccc2nc(CN3CCC(c4cccc(OCC56CC(C(F)(F)F)(C5)C6)n4)CC3)n(CC3CCO3)c2c1. The summed E-state index contributed by atoms with van der Waals surface area (Å²) < 4.78 is 60.7. The Labute approximate surface area is 304 Å². The lowest BCUT2D eigenvalue weighted by molar-refractivity contribution is -0.367. The lowest BCUT2D eigenvalue weighted by atomic mass is 9.35. The highest BCUT2D eigenvalue weighted by Gasteiger charge is 2.78. The fraction of sp³-hybridized carbons (Fsp3) is 0.658. The van der Waals surface area contributed by atoms with E-state index in [2.05, 4.69) is 9.47 Å². The second-order valence-electron chi connectivity index (χ2n) is 13.8. The third-order valence-corrected chi connectivity index (χ3v) is 11.5. The van der Waals surface area contributed by atoms with E-state index in [-0.39, 0.29) is 41.8 Å². The second kappa shape index (κ2) is 17.0. The lowest BCUT2D eigenvalue weighted by Crippen LogP contribution is -2.69. The van der Waals surface area contributed by atoms with Crippen molar-refractivity contribution in [3.8, 4) is 5.88 Å². The molecule has 1 unspecified atom stereocenters. The summed E-state index contributed by atoms with van der Waals surface area (Å²) in [5.74, 6) is 1.75. The minimum absolute atomic E-state index is 0.0283. The Morgan fingerprint density at radius 1 is 1.06 bits per heavy atom. The highest BCUT2D eigenvalue weighted by molar-refractivity contribution is 8.12. The van der Waals surface area contributed by atoms with Crippen molar-refractivity contribution < 1.29 is 32.2 Å². The van der Waals surface area contributed by atoms with Crippen LogP contribution in [0.3, 0.4) is 0 Å². The third-order valence-electron chi connectivity index (χ3n) is 10.5. The number of aromatic nitrogens is 3. The zero-order valence-corrected chi connectivity index (χ0v) is 31.7. The summed E-state index contributed by atoms with van der Waals surface area (Å²) >= 11 is 1.17. The van der Waals surface area contributed by atoms with Gasteiger partial charge in [0.15, 0.2) is 0 Å². The number of nitrogens with zero attached hydrogens (tertiary/aromatic N) is 5. The summed E-state index contributed by atoms with van der Waals surface area (Å²) in [5, 5.41) is -0.0283. The van der Waals surface area contributed by atoms with E-state index in [1.165, 1.54) is 11.9 Å². The van der Waals surface area contributed by atoms with Gasteiger partial charge in [0, 0.05) is 60.9 Å². The van der Waals surface area contributed by atoms with Crippen molar-refractivity contribution in [2.24, 2.45) is 10.8 Å². The van der Waals surface area contributed by atoms with Crippen LogP contribution in [0.15, 0.2) is 36.4 Å². The van der Waals surface area contributed by atoms with Gasteiger partial charge >= 0.3 is 6.18 Å². The molecule has 8 rings (SSSR count). The van der Waals surface area contributed by atoms with Crippen LogP contribution in [-0.2, 0) is 22.6 Å². The summed E-state index contributed by atoms with van der Waals surface area (Å²) in [5.41, 5.74) is 1.62. The molecule has 3 saturated carbocycles. The Morgan fingerprint density at radius 3 is 2.37 bits per heavy atom. The number of imidazole rings is 1. The maximum absolute atomic E-state index is 13.2. The molecule has 3 aliphatic carbocycles. The first kappa shape index (κ1) is 39.5. The predicted octanol–water partition coefficient (Wildman–Crippen LogP) is 8.48. The van der Waals surface area contributed by atoms with Crippen molar-refractivity contribution >= 4 is 28.1 Å². The summed E-state index contributed by atoms with van der Waals surface area (Å²) in [7, 11) is 1.62. The molecule has 2 aliphatic heterocycles. The fourth-order valence-corrected chi connectivity index (χ4v) is 8.51. The molecule has 2 saturated heterocycles. The molecule has 0 N–H and O–H groups in total. The molecule has 0 amide bonds. The number of fused-ring (bicyclic) bond motifs is 1. The Hall–Kier alpha value is -2.71. The maximum Gasteiger partial charge on any atom is 0.394 e. The van der Waals surface area contributed by atoms with Crippen LogP contribution in [0.5, 0.6) is 5.88 Å². The number of pyridine rings is 1. The molecule has 282 valence electrons. The minimum atomic E-state index is -4.11. The van der Waals surface area contributed by atoms with E-state index >= 15 is 0 Å². The summed E-state index contributed by atoms with van der Waals surface area (Å²) in [4.78, 5) is 25.3. The van der Waals surface area contributed by atoms with Crippen LogP contribution in [0.2, 0.25) is 0 Å². The number of piperidine rings is 1. The summed E-state index contributed by atoms with van der Waals surface area (Å²) in [6.07, 6.45) is -0.562. The fourth-order valence-electron chi connectivity index (χ4n) is 7.76. The number of carbonyl (C=O) groups is 1. The summed E-state index contributed by atoms with van der Waals surface area (Å²) in [6.45, 7) is 15.3. The van der Waals surface area contributed by atoms with Gasteiger partial charge in [0.2, 0.25) is 11.0 Å². The Bertz CT molecular complexity index is 1590. The van der Waals surface area contributed by atoms with Gasteiger partial charge in [-0.05, 0) is 75.9 Å². The van der Waals surface area contributed by atoms with E-state index < -0.39 is 11.6 Å². The van der Waals surface area contributed by atoms with Crippen molar-refractivity contribution in [3.05, 3.63) is 53.5 Å². The molecule has 13 heteroatoms. The predicted molar refractivity (Wildman–Crippen MR) is 195 cm³/mol. The maximum atomic E-state index is 13.2. The van der Waals surface area contributed by atoms with Gasteiger partial charge in [0.1, 0.15) is 12.6 Å². The van der Waals surface area contributed by atoms with Gasteiger partial charge in [-0.3, -0.25) is 9.69 Å². The normalized spacial score (nSPS) is 24.4. The topological polar surface area (TPSA) is 82.0 Å². The van der Waals surface area contributed by atoms with Crippen LogP contribution in [0.4, 0.5) is 13.2 Å². The summed E-state index contributed by atoms with van der Waals surface area (Å²) in [6, 6.07) is 11.5. The monoisotopic (exact) mass is 733 g/mol. The molecule has 51 heavy (non-hydrogen) atoms. The van der Waals surface area contributed by atoms with Crippen LogP contribution in [0.25, 0.3) is 11.0 Å². The zero-order valence-electron chi connectivity index (χ0n) is 30.9. The van der Waals surface area contributed by atoms with Gasteiger partial charge in [0.05, 0.1) is 42.2 Å². The van der Waals surface area contributed by atoms with Gasteiger partial charge in [-0.25, -0.2) is 14.3 Å². The minimum Gasteiger partial charge on any atom is -0.477 e. The Morgan fingerprint density at radius 2 is 1.76 bits per heavy atom. The number of likely N-dealkylation sites (tertiary alicyclic amines) is 1. The molecular formula is C38H54F3N5O4S. The van der Waals surface area contributed by atoms with E-state index in [1.807, 2.05) is 69.3 Å². The lowest BCUT2D eigenvalue weighted by Gasteiger charge is -2.70. The van der Waals surface area contributed by atoms with Gasteiger partial charge in [-0.2, -0.15) is 13.2 Å². The Balaban J connectivity index is 0.00000122. The number of carbonyl (C=O) groups excluding carboxylic acids is 1. The molecule has 9 nitrogen and oxygen atoms in total. The van der Waals surface area contributed by atoms with E-state index in [0.29, 0.717) is 44.4 Å². The van der Waals surface area contributed by atoms with E-state index in [9.17, 15) is 18.0 Å². The molecular weight excluding hydrogens is 680 g/mol. The molecule has 3 aromatic rings. The Kier molecular flexibility index (Phi) is 13.1. The average Bonchev–Trinajstić information content (AvgIpc) is 3.42. The average molecular weight is 734 g/mol. The quantitative estimate of drug-likeness (QED) is 0.127. The molecule has 5 fully saturated rings. The molecule has 1 aromatic carbocycles. The second-order valence-corrected chi connectivity index (χ2v) is 14.8. The molecule has 5 aliphatic rings. The first-order valence-corrected chi connectivity index (χ1v) is 19.3. The number of ether oxygens (including phenoxy) is 3. The highest BCUT2D eigenvalue weighted by Crippen LogP contribution is 2.78. The molecule has 0 spiro atoms. The van der Waals surface area contributed by atoms with Crippen LogP contribution in [0.1, 0.15) is 101 Å². The van der Waals surface area contributed by atoms with Crippen LogP contribution in [-0.4, -0.2) is 87.8 Å². The van der Waals surface area contributed by atoms with Crippen molar-refractivity contribution in [2.75, 3.05) is 46.7 Å². The van der Waals surface area contributed by atoms with E-state index in [0.717, 1.165) is 61.5 Å². The number of benzene rings is 1. The third kappa shape index (κ3) is 8.59. The first-order chi connectivity index (χ1) is 24.6. The standard InChI is InChI=1S/C34H42F3N5O4S.2C2H6/c1-3-41(22-44-2)47-31(43)24-7-8-27-28(15-24)42(16-25-11-14-45-25)29(38-27)17-40-12-9-23(10-13-40)26-5-4-6-30(39-26)46-21-32-18-33(19-32,20-32)34(35,36)37;2*1-2/h4-8,15,23,25H,3,9-14,16-22H2,1-2H3;2*1-2H3. The van der Waals surface area contributed by atoms with Crippen molar-refractivity contribution in [1.82, 2.24) is 23.7 Å². The van der Waals surface area contributed by atoms with Gasteiger partial charge in [-0.15, -0.1) is 0 Å². The molecule has 2 aromatic heterocycles. The largest absolute Gasteiger partial charge is 0.477 e. The molecule has 0 radical (unpaired) electrons. The molecule has 1 atom stereocenters. The molecule has 4 heterocycles. The zero-order chi connectivity index (χ0) is 36.8. The van der Waals surface area contributed by atoms with Gasteiger partial charge < -0.3 is 18.8 Å². The van der Waals surface area contributed by atoms with Crippen molar-refractivity contribution in [1.29, 1.82) is 0 Å². The smallest absolute Gasteiger partial charge is 0.394 e. The van der Waals surface area contributed by atoms with Crippen LogP contribution in [0, 0.1) is 10.8 Å². The van der Waals surface area contributed by atoms with Crippen molar-refractivity contribution in [3.63, 3.8) is 0 Å². The van der Waals surface area contributed by atoms with Gasteiger partial charge in [-0.1, -0.05) is 40.7 Å². The number of halogens is 3. The van der Waals surface area contributed by atoms with Crippen LogP contribution >= 0.6 is 11.9 Å².